The first-order valence-electron chi connectivity index (χ1n) is 10.3. The standard InChI is InChI=1S/C20H34N4O5S/c1-10(2)8-14(23-19(28)16(11(3)4)22-12(5)25)18(27)24-15(20(29)30)9-13-6-7-21-17(13)26/h10-11,13-16H,6-9H2,1-5H3,(H,21,26)(H,22,25)(H,23,28)(H,24,27)(H,29,30)/t13-,14-,15-,16-/m0/s1. The lowest BCUT2D eigenvalue weighted by molar-refractivity contribution is -0.133. The molecular formula is C20H34N4O5S. The summed E-state index contributed by atoms with van der Waals surface area (Å²) in [6, 6.07) is -2.60. The van der Waals surface area contributed by atoms with Crippen molar-refractivity contribution >= 4 is 41.4 Å². The third-order valence-electron chi connectivity index (χ3n) is 4.95. The summed E-state index contributed by atoms with van der Waals surface area (Å²) in [6.45, 7) is 9.26. The first kappa shape index (κ1) is 25.9. The van der Waals surface area contributed by atoms with Crippen LogP contribution in [-0.4, -0.2) is 53.4 Å². The van der Waals surface area contributed by atoms with E-state index < -0.39 is 35.1 Å². The Hall–Kier alpha value is -2.10. The molecule has 0 aromatic heterocycles. The zero-order valence-corrected chi connectivity index (χ0v) is 19.2. The molecule has 10 heteroatoms. The van der Waals surface area contributed by atoms with Gasteiger partial charge in [0.15, 0.2) is 0 Å². The second-order valence-electron chi connectivity index (χ2n) is 8.52. The molecule has 0 bridgehead atoms. The van der Waals surface area contributed by atoms with Gasteiger partial charge < -0.3 is 21.3 Å². The second kappa shape index (κ2) is 11.9. The molecule has 9 nitrogen and oxygen atoms in total. The lowest BCUT2D eigenvalue weighted by atomic mass is 9.97. The fourth-order valence-electron chi connectivity index (χ4n) is 3.37. The number of nitrogens with one attached hydrogen (secondary N) is 4. The lowest BCUT2D eigenvalue weighted by Crippen LogP contribution is -2.57. The summed E-state index contributed by atoms with van der Waals surface area (Å²) in [5.74, 6) is -1.93. The smallest absolute Gasteiger partial charge is 0.243 e. The molecule has 1 saturated heterocycles. The first-order valence-corrected chi connectivity index (χ1v) is 10.7. The van der Waals surface area contributed by atoms with Gasteiger partial charge in [-0.15, -0.1) is 12.6 Å². The molecule has 0 unspecified atom stereocenters. The van der Waals surface area contributed by atoms with Crippen molar-refractivity contribution < 1.29 is 24.0 Å². The number of hydrogen-bond acceptors (Lipinski definition) is 5. The number of thiol groups is 1. The summed E-state index contributed by atoms with van der Waals surface area (Å²) in [7, 11) is 0. The minimum absolute atomic E-state index is 0.0880. The van der Waals surface area contributed by atoms with Crippen LogP contribution in [0.3, 0.4) is 0 Å². The summed E-state index contributed by atoms with van der Waals surface area (Å²) < 4.78 is 0. The van der Waals surface area contributed by atoms with Gasteiger partial charge in [-0.2, -0.15) is 0 Å². The van der Waals surface area contributed by atoms with Gasteiger partial charge in [0, 0.05) is 19.4 Å². The summed E-state index contributed by atoms with van der Waals surface area (Å²) in [5.41, 5.74) is 0. The van der Waals surface area contributed by atoms with Crippen molar-refractivity contribution in [3.63, 3.8) is 0 Å². The van der Waals surface area contributed by atoms with Crippen LogP contribution in [0.15, 0.2) is 0 Å². The normalized spacial score (nSPS) is 19.1. The molecule has 1 aliphatic rings. The van der Waals surface area contributed by atoms with Gasteiger partial charge in [-0.3, -0.25) is 24.0 Å². The van der Waals surface area contributed by atoms with Gasteiger partial charge in [0.25, 0.3) is 0 Å². The summed E-state index contributed by atoms with van der Waals surface area (Å²) in [4.78, 5) is 60.8. The van der Waals surface area contributed by atoms with Crippen molar-refractivity contribution in [3.05, 3.63) is 0 Å². The SMILES string of the molecule is CC(=O)N[C@H](C(=O)N[C@@H](CC(C)C)C(=O)N[C@@H](C[C@@H]1CCNC1=O)C(=O)S)C(C)C. The van der Waals surface area contributed by atoms with Gasteiger partial charge in [-0.1, -0.05) is 27.7 Å². The zero-order chi connectivity index (χ0) is 23.0. The first-order chi connectivity index (χ1) is 13.9. The fraction of sp³-hybridized carbons (Fsp3) is 0.750. The van der Waals surface area contributed by atoms with Gasteiger partial charge in [0.05, 0.1) is 6.04 Å². The Balaban J connectivity index is 2.89. The molecule has 1 aliphatic heterocycles. The highest BCUT2D eigenvalue weighted by Gasteiger charge is 2.33. The highest BCUT2D eigenvalue weighted by molar-refractivity contribution is 7.96. The predicted molar refractivity (Wildman–Crippen MR) is 115 cm³/mol. The van der Waals surface area contributed by atoms with Crippen LogP contribution in [0, 0.1) is 17.8 Å². The maximum atomic E-state index is 12.9. The molecule has 0 saturated carbocycles. The van der Waals surface area contributed by atoms with E-state index in [0.29, 0.717) is 19.4 Å². The summed E-state index contributed by atoms with van der Waals surface area (Å²) >= 11 is 3.86. The van der Waals surface area contributed by atoms with Crippen LogP contribution in [0.5, 0.6) is 0 Å². The number of amides is 4. The molecule has 1 heterocycles. The third kappa shape index (κ3) is 8.33. The van der Waals surface area contributed by atoms with Crippen molar-refractivity contribution in [1.82, 2.24) is 21.3 Å². The second-order valence-corrected chi connectivity index (χ2v) is 8.97. The van der Waals surface area contributed by atoms with E-state index in [1.807, 2.05) is 13.8 Å². The van der Waals surface area contributed by atoms with Crippen LogP contribution >= 0.6 is 12.6 Å². The maximum Gasteiger partial charge on any atom is 0.243 e. The molecule has 0 spiro atoms. The summed E-state index contributed by atoms with van der Waals surface area (Å²) in [6.07, 6.45) is 1.09. The molecule has 1 rings (SSSR count). The minimum Gasteiger partial charge on any atom is -0.356 e. The molecule has 0 aliphatic carbocycles. The van der Waals surface area contributed by atoms with Crippen molar-refractivity contribution in [1.29, 1.82) is 0 Å². The molecule has 0 radical (unpaired) electrons. The van der Waals surface area contributed by atoms with Gasteiger partial charge >= 0.3 is 0 Å². The molecule has 4 atom stereocenters. The molecule has 0 aromatic rings. The van der Waals surface area contributed by atoms with Crippen LogP contribution in [0.4, 0.5) is 0 Å². The van der Waals surface area contributed by atoms with E-state index in [0.717, 1.165) is 0 Å². The third-order valence-corrected chi connectivity index (χ3v) is 5.26. The van der Waals surface area contributed by atoms with Gasteiger partial charge in [-0.25, -0.2) is 0 Å². The molecule has 4 amide bonds. The Labute approximate surface area is 183 Å². The van der Waals surface area contributed by atoms with Crippen molar-refractivity contribution in [2.24, 2.45) is 17.8 Å². The number of carbonyl (C=O) groups excluding carboxylic acids is 5. The Morgan fingerprint density at radius 1 is 1.03 bits per heavy atom. The van der Waals surface area contributed by atoms with E-state index in [1.165, 1.54) is 6.92 Å². The molecule has 170 valence electrons. The van der Waals surface area contributed by atoms with Crippen molar-refractivity contribution in [2.75, 3.05) is 6.54 Å². The van der Waals surface area contributed by atoms with E-state index >= 15 is 0 Å². The quantitative estimate of drug-likeness (QED) is 0.290. The van der Waals surface area contributed by atoms with Gasteiger partial charge in [0.2, 0.25) is 28.7 Å². The van der Waals surface area contributed by atoms with E-state index in [-0.39, 0.29) is 36.0 Å². The molecule has 30 heavy (non-hydrogen) atoms. The number of rotatable bonds is 11. The van der Waals surface area contributed by atoms with E-state index in [2.05, 4.69) is 33.9 Å². The summed E-state index contributed by atoms with van der Waals surface area (Å²) in [5, 5.41) is 10.1. The van der Waals surface area contributed by atoms with Crippen molar-refractivity contribution in [3.8, 4) is 0 Å². The van der Waals surface area contributed by atoms with Crippen LogP contribution in [-0.2, 0) is 24.0 Å². The largest absolute Gasteiger partial charge is 0.356 e. The Morgan fingerprint density at radius 2 is 1.63 bits per heavy atom. The lowest BCUT2D eigenvalue weighted by Gasteiger charge is -2.27. The Kier molecular flexibility index (Phi) is 10.3. The van der Waals surface area contributed by atoms with E-state index in [1.54, 1.807) is 13.8 Å². The maximum absolute atomic E-state index is 12.9. The molecular weight excluding hydrogens is 408 g/mol. The van der Waals surface area contributed by atoms with Crippen LogP contribution in [0.25, 0.3) is 0 Å². The average molecular weight is 443 g/mol. The minimum atomic E-state index is -0.933. The zero-order valence-electron chi connectivity index (χ0n) is 18.3. The predicted octanol–water partition coefficient (Wildman–Crippen LogP) is 0.145. The van der Waals surface area contributed by atoms with Crippen molar-refractivity contribution in [2.45, 2.75) is 72.0 Å². The topological polar surface area (TPSA) is 133 Å². The van der Waals surface area contributed by atoms with E-state index in [4.69, 9.17) is 0 Å². The number of hydrogen-bond donors (Lipinski definition) is 5. The fourth-order valence-corrected chi connectivity index (χ4v) is 3.54. The average Bonchev–Trinajstić information content (AvgIpc) is 3.02. The van der Waals surface area contributed by atoms with E-state index in [9.17, 15) is 24.0 Å². The van der Waals surface area contributed by atoms with Gasteiger partial charge in [0.1, 0.15) is 12.1 Å². The highest BCUT2D eigenvalue weighted by atomic mass is 32.1. The van der Waals surface area contributed by atoms with Crippen LogP contribution < -0.4 is 21.3 Å². The molecule has 1 fully saturated rings. The van der Waals surface area contributed by atoms with Crippen LogP contribution in [0.1, 0.15) is 53.9 Å². The molecule has 0 aromatic carbocycles. The Bertz CT molecular complexity index is 668. The molecule has 4 N–H and O–H groups in total. The monoisotopic (exact) mass is 442 g/mol. The van der Waals surface area contributed by atoms with Gasteiger partial charge in [-0.05, 0) is 31.1 Å². The Morgan fingerprint density at radius 3 is 2.07 bits per heavy atom. The number of carbonyl (C=O) groups is 5. The highest BCUT2D eigenvalue weighted by Crippen LogP contribution is 2.18. The van der Waals surface area contributed by atoms with Crippen LogP contribution in [0.2, 0.25) is 0 Å².